The zero-order valence-electron chi connectivity index (χ0n) is 24.1. The van der Waals surface area contributed by atoms with Crippen molar-refractivity contribution in [3.05, 3.63) is 41.4 Å². The van der Waals surface area contributed by atoms with E-state index in [0.717, 1.165) is 51.0 Å². The van der Waals surface area contributed by atoms with E-state index in [1.54, 1.807) is 32.6 Å². The third-order valence-electron chi connectivity index (χ3n) is 7.25. The first-order valence-electron chi connectivity index (χ1n) is 13.8. The predicted molar refractivity (Wildman–Crippen MR) is 156 cm³/mol. The van der Waals surface area contributed by atoms with Crippen LogP contribution in [0, 0.1) is 23.6 Å². The quantitative estimate of drug-likeness (QED) is 0.223. The molecule has 0 spiro atoms. The molecule has 1 aromatic rings. The molecule has 1 aromatic carbocycles. The van der Waals surface area contributed by atoms with Gasteiger partial charge in [-0.25, -0.2) is 4.39 Å². The highest BCUT2D eigenvalue weighted by Crippen LogP contribution is 2.48. The van der Waals surface area contributed by atoms with Crippen LogP contribution >= 0.6 is 0 Å². The minimum atomic E-state index is -0.390. The largest absolute Gasteiger partial charge is 0.493 e. The molecule has 39 heavy (non-hydrogen) atoms. The Bertz CT molecular complexity index is 920. The SMILES string of the molecule is C=N/C=C(\C=NCCC(CCNC)C1CC1CCOc1ccc(CC=O)c(F)c1)COC.COC1CN(C)C1. The third-order valence-corrected chi connectivity index (χ3v) is 7.25. The predicted octanol–water partition coefficient (Wildman–Crippen LogP) is 3.84. The molecule has 1 saturated carbocycles. The van der Waals surface area contributed by atoms with Crippen LogP contribution < -0.4 is 10.1 Å². The second-order valence-electron chi connectivity index (χ2n) is 10.3. The molecule has 1 heterocycles. The van der Waals surface area contributed by atoms with Crippen LogP contribution in [0.1, 0.15) is 31.2 Å². The van der Waals surface area contributed by atoms with E-state index < -0.39 is 0 Å². The van der Waals surface area contributed by atoms with Gasteiger partial charge in [0.2, 0.25) is 0 Å². The molecule has 2 aliphatic rings. The molecule has 1 N–H and O–H groups in total. The summed E-state index contributed by atoms with van der Waals surface area (Å²) >= 11 is 0. The van der Waals surface area contributed by atoms with Crippen molar-refractivity contribution in [1.82, 2.24) is 10.2 Å². The fourth-order valence-corrected chi connectivity index (χ4v) is 4.89. The molecule has 0 aromatic heterocycles. The summed E-state index contributed by atoms with van der Waals surface area (Å²) in [6, 6.07) is 4.71. The number of nitrogens with zero attached hydrogens (tertiary/aromatic N) is 3. The second kappa shape index (κ2) is 18.8. The number of hydrogen-bond acceptors (Lipinski definition) is 8. The van der Waals surface area contributed by atoms with E-state index in [-0.39, 0.29) is 12.2 Å². The van der Waals surface area contributed by atoms with Crippen LogP contribution in [0.3, 0.4) is 0 Å². The summed E-state index contributed by atoms with van der Waals surface area (Å²) in [4.78, 5) is 21.1. The van der Waals surface area contributed by atoms with Crippen molar-refractivity contribution in [2.24, 2.45) is 27.7 Å². The number of likely N-dealkylation sites (tertiary alicyclic amines) is 1. The number of aliphatic imine (C=N–C) groups is 2. The van der Waals surface area contributed by atoms with Gasteiger partial charge in [-0.05, 0) is 82.4 Å². The molecule has 1 aliphatic carbocycles. The molecule has 0 bridgehead atoms. The molecule has 1 aliphatic heterocycles. The Morgan fingerprint density at radius 2 is 2.10 bits per heavy atom. The Labute approximate surface area is 233 Å². The summed E-state index contributed by atoms with van der Waals surface area (Å²) in [5.74, 6) is 2.09. The molecule has 218 valence electrons. The smallest absolute Gasteiger partial charge is 0.130 e. The normalized spacial score (nSPS) is 20.2. The van der Waals surface area contributed by atoms with Gasteiger partial charge in [0.05, 0.1) is 19.3 Å². The summed E-state index contributed by atoms with van der Waals surface area (Å²) in [5, 5.41) is 3.26. The lowest BCUT2D eigenvalue weighted by atomic mass is 9.94. The van der Waals surface area contributed by atoms with Gasteiger partial charge >= 0.3 is 0 Å². The van der Waals surface area contributed by atoms with E-state index in [2.05, 4.69) is 34.0 Å². The highest BCUT2D eigenvalue weighted by Gasteiger charge is 2.41. The fraction of sp³-hybridized carbons (Fsp3) is 0.633. The van der Waals surface area contributed by atoms with Crippen LogP contribution in [-0.4, -0.2) is 97.9 Å². The molecule has 9 heteroatoms. The summed E-state index contributed by atoms with van der Waals surface area (Å²) in [7, 11) is 7.49. The maximum absolute atomic E-state index is 13.9. The number of ether oxygens (including phenoxy) is 3. The average molecular weight is 547 g/mol. The lowest BCUT2D eigenvalue weighted by Gasteiger charge is -2.34. The van der Waals surface area contributed by atoms with Gasteiger partial charge in [-0.15, -0.1) is 0 Å². The minimum Gasteiger partial charge on any atom is -0.493 e. The first-order chi connectivity index (χ1) is 18.9. The van der Waals surface area contributed by atoms with Crippen LogP contribution in [0.4, 0.5) is 4.39 Å². The van der Waals surface area contributed by atoms with E-state index in [0.29, 0.717) is 54.7 Å². The molecule has 2 fully saturated rings. The van der Waals surface area contributed by atoms with Gasteiger partial charge in [0, 0.05) is 64.3 Å². The number of rotatable bonds is 18. The van der Waals surface area contributed by atoms with E-state index in [1.165, 1.54) is 12.5 Å². The maximum atomic E-state index is 13.9. The number of carbonyl (C=O) groups is 1. The van der Waals surface area contributed by atoms with Crippen molar-refractivity contribution < 1.29 is 23.4 Å². The van der Waals surface area contributed by atoms with Crippen LogP contribution in [0.5, 0.6) is 5.75 Å². The molecule has 3 atom stereocenters. The number of hydrogen-bond donors (Lipinski definition) is 1. The molecule has 8 nitrogen and oxygen atoms in total. The van der Waals surface area contributed by atoms with Crippen molar-refractivity contribution >= 4 is 19.2 Å². The monoisotopic (exact) mass is 546 g/mol. The molecule has 3 unspecified atom stereocenters. The zero-order valence-corrected chi connectivity index (χ0v) is 24.1. The number of nitrogens with one attached hydrogen (secondary N) is 1. The van der Waals surface area contributed by atoms with Crippen molar-refractivity contribution in [3.8, 4) is 5.75 Å². The molecular weight excluding hydrogens is 499 g/mol. The molecule has 0 radical (unpaired) electrons. The standard InChI is InChI=1S/C25H36FN3O3.C5H11NO/c1-27-10-6-20(7-11-29-17-19(16-28-2)18-31-3)24-14-22(24)9-13-32-23-5-4-21(8-12-30)25(26)15-23;1-6-3-5(4-6)7-2/h4-5,12,15-17,20,22,24,27H,2,6-11,13-14,18H2,1,3H3;5H,3-4H2,1-2H3/b19-16+,29-17?;. The Kier molecular flexibility index (Phi) is 15.8. The molecule has 3 rings (SSSR count). The molecule has 1 saturated heterocycles. The van der Waals surface area contributed by atoms with Crippen LogP contribution in [-0.2, 0) is 20.7 Å². The topological polar surface area (TPSA) is 84.8 Å². The van der Waals surface area contributed by atoms with Crippen molar-refractivity contribution in [3.63, 3.8) is 0 Å². The van der Waals surface area contributed by atoms with Crippen molar-refractivity contribution in [2.45, 2.75) is 38.2 Å². The first-order valence-corrected chi connectivity index (χ1v) is 13.8. The van der Waals surface area contributed by atoms with Crippen LogP contribution in [0.15, 0.2) is 40.0 Å². The van der Waals surface area contributed by atoms with Gasteiger partial charge in [-0.3, -0.25) is 9.98 Å². The number of benzene rings is 1. The highest BCUT2D eigenvalue weighted by molar-refractivity contribution is 5.78. The maximum Gasteiger partial charge on any atom is 0.130 e. The summed E-state index contributed by atoms with van der Waals surface area (Å²) in [5.41, 5.74) is 1.31. The van der Waals surface area contributed by atoms with Gasteiger partial charge in [0.25, 0.3) is 0 Å². The van der Waals surface area contributed by atoms with E-state index >= 15 is 0 Å². The minimum absolute atomic E-state index is 0.0864. The first kappa shape index (κ1) is 32.8. The second-order valence-corrected chi connectivity index (χ2v) is 10.3. The summed E-state index contributed by atoms with van der Waals surface area (Å²) in [6.07, 6.45) is 9.16. The van der Waals surface area contributed by atoms with Crippen LogP contribution in [0.25, 0.3) is 0 Å². The van der Waals surface area contributed by atoms with E-state index in [9.17, 15) is 9.18 Å². The Morgan fingerprint density at radius 1 is 1.31 bits per heavy atom. The molecule has 0 amide bonds. The number of methoxy groups -OCH3 is 2. The highest BCUT2D eigenvalue weighted by atomic mass is 19.1. The number of aldehydes is 1. The number of carbonyl (C=O) groups excluding carboxylic acids is 1. The Morgan fingerprint density at radius 3 is 2.69 bits per heavy atom. The van der Waals surface area contributed by atoms with Gasteiger partial charge < -0.3 is 29.2 Å². The van der Waals surface area contributed by atoms with Gasteiger partial charge in [0.15, 0.2) is 0 Å². The lowest BCUT2D eigenvalue weighted by molar-refractivity contribution is -0.107. The van der Waals surface area contributed by atoms with Gasteiger partial charge in [-0.2, -0.15) is 0 Å². The Hall–Kier alpha value is -2.46. The van der Waals surface area contributed by atoms with Gasteiger partial charge in [0.1, 0.15) is 17.9 Å². The van der Waals surface area contributed by atoms with Crippen molar-refractivity contribution in [1.29, 1.82) is 0 Å². The number of likely N-dealkylation sites (N-methyl/N-ethyl adjacent to an activating group) is 1. The van der Waals surface area contributed by atoms with Gasteiger partial charge in [-0.1, -0.05) is 6.07 Å². The van der Waals surface area contributed by atoms with E-state index in [1.807, 2.05) is 13.3 Å². The summed E-state index contributed by atoms with van der Waals surface area (Å²) in [6.45, 7) is 8.51. The molecular formula is C30H47FN4O4. The summed E-state index contributed by atoms with van der Waals surface area (Å²) < 4.78 is 29.8. The fourth-order valence-electron chi connectivity index (χ4n) is 4.89. The third kappa shape index (κ3) is 12.5. The number of halogens is 1. The lowest BCUT2D eigenvalue weighted by Crippen LogP contribution is -2.48. The van der Waals surface area contributed by atoms with Crippen LogP contribution in [0.2, 0.25) is 0 Å². The Balaban J connectivity index is 0.000000658. The van der Waals surface area contributed by atoms with E-state index in [4.69, 9.17) is 14.2 Å². The van der Waals surface area contributed by atoms with Crippen molar-refractivity contribution in [2.75, 3.05) is 67.7 Å². The zero-order chi connectivity index (χ0) is 28.5. The average Bonchev–Trinajstić information content (AvgIpc) is 3.68.